The second-order valence-electron chi connectivity index (χ2n) is 6.11. The topological polar surface area (TPSA) is 101 Å². The van der Waals surface area contributed by atoms with Crippen molar-refractivity contribution in [3.05, 3.63) is 58.8 Å². The highest BCUT2D eigenvalue weighted by atomic mass is 35.5. The first kappa shape index (κ1) is 20.3. The van der Waals surface area contributed by atoms with E-state index in [-0.39, 0.29) is 45.3 Å². The van der Waals surface area contributed by atoms with Gasteiger partial charge in [-0.1, -0.05) is 0 Å². The molecule has 3 aromatic heterocycles. The van der Waals surface area contributed by atoms with Crippen LogP contribution in [-0.4, -0.2) is 37.0 Å². The first-order valence-corrected chi connectivity index (χ1v) is 8.01. The Bertz CT molecular complexity index is 1280. The van der Waals surface area contributed by atoms with Crippen molar-refractivity contribution in [2.24, 2.45) is 0 Å². The molecule has 4 aromatic rings. The van der Waals surface area contributed by atoms with Gasteiger partial charge in [-0.3, -0.25) is 19.4 Å². The van der Waals surface area contributed by atoms with E-state index in [0.717, 1.165) is 0 Å². The van der Waals surface area contributed by atoms with Gasteiger partial charge < -0.3 is 5.11 Å². The molecular formula is C18H12ClF3N4O3. The molecule has 0 amide bonds. The highest BCUT2D eigenvalue weighted by molar-refractivity contribution is 6.09. The Hall–Kier alpha value is -3.40. The number of alkyl halides is 3. The Morgan fingerprint density at radius 2 is 1.86 bits per heavy atom. The number of aromatic carboxylic acids is 1. The van der Waals surface area contributed by atoms with Crippen molar-refractivity contribution in [3.8, 4) is 11.1 Å². The highest BCUT2D eigenvalue weighted by Gasteiger charge is 2.30. The molecule has 0 aliphatic rings. The third kappa shape index (κ3) is 3.54. The summed E-state index contributed by atoms with van der Waals surface area (Å²) in [5.41, 5.74) is -0.312. The molecule has 150 valence electrons. The summed E-state index contributed by atoms with van der Waals surface area (Å²) in [5, 5.41) is 16.1. The molecule has 0 atom stereocenters. The van der Waals surface area contributed by atoms with Gasteiger partial charge in [-0.05, 0) is 35.4 Å². The molecule has 0 aliphatic carbocycles. The molecule has 2 N–H and O–H groups in total. The summed E-state index contributed by atoms with van der Waals surface area (Å²) in [7, 11) is 0. The molecule has 1 aromatic carbocycles. The minimum Gasteiger partial charge on any atom is -0.478 e. The van der Waals surface area contributed by atoms with Crippen molar-refractivity contribution in [1.29, 1.82) is 0 Å². The summed E-state index contributed by atoms with van der Waals surface area (Å²) in [6.07, 6.45) is -0.576. The number of hydrogen-bond acceptors (Lipinski definition) is 4. The van der Waals surface area contributed by atoms with Crippen LogP contribution in [0.1, 0.15) is 10.4 Å². The summed E-state index contributed by atoms with van der Waals surface area (Å²) in [4.78, 5) is 28.3. The normalized spacial score (nSPS) is 11.6. The van der Waals surface area contributed by atoms with Gasteiger partial charge in [0.15, 0.2) is 0 Å². The number of carbonyl (C=O) groups is 1. The molecule has 4 rings (SSSR count). The Morgan fingerprint density at radius 3 is 2.48 bits per heavy atom. The number of benzene rings is 1. The number of halogens is 4. The number of hydrogen-bond donors (Lipinski definition) is 2. The van der Waals surface area contributed by atoms with Crippen LogP contribution in [0.3, 0.4) is 0 Å². The van der Waals surface area contributed by atoms with Gasteiger partial charge >= 0.3 is 12.1 Å². The van der Waals surface area contributed by atoms with Crippen molar-refractivity contribution < 1.29 is 23.1 Å². The fourth-order valence-electron chi connectivity index (χ4n) is 3.20. The zero-order valence-electron chi connectivity index (χ0n) is 14.4. The third-order valence-corrected chi connectivity index (χ3v) is 4.36. The van der Waals surface area contributed by atoms with Crippen LogP contribution in [0.5, 0.6) is 0 Å². The van der Waals surface area contributed by atoms with Crippen LogP contribution in [0.2, 0.25) is 0 Å². The summed E-state index contributed by atoms with van der Waals surface area (Å²) < 4.78 is 39.9. The lowest BCUT2D eigenvalue weighted by atomic mass is 9.97. The second-order valence-corrected chi connectivity index (χ2v) is 6.11. The molecule has 0 fully saturated rings. The quantitative estimate of drug-likeness (QED) is 0.523. The smallest absolute Gasteiger partial charge is 0.406 e. The van der Waals surface area contributed by atoms with E-state index in [1.807, 2.05) is 0 Å². The predicted molar refractivity (Wildman–Crippen MR) is 101 cm³/mol. The maximum absolute atomic E-state index is 13.1. The molecule has 0 spiro atoms. The van der Waals surface area contributed by atoms with Gasteiger partial charge in [0.2, 0.25) is 0 Å². The van der Waals surface area contributed by atoms with E-state index in [0.29, 0.717) is 10.1 Å². The summed E-state index contributed by atoms with van der Waals surface area (Å²) >= 11 is 0. The summed E-state index contributed by atoms with van der Waals surface area (Å²) in [6, 6.07) is 5.58. The van der Waals surface area contributed by atoms with Gasteiger partial charge in [-0.2, -0.15) is 18.3 Å². The van der Waals surface area contributed by atoms with E-state index in [2.05, 4.69) is 15.2 Å². The molecule has 3 heterocycles. The summed E-state index contributed by atoms with van der Waals surface area (Å²) in [5.74, 6) is -1.26. The number of pyridine rings is 2. The largest absolute Gasteiger partial charge is 0.478 e. The van der Waals surface area contributed by atoms with E-state index in [1.165, 1.54) is 42.9 Å². The maximum Gasteiger partial charge on any atom is 0.406 e. The van der Waals surface area contributed by atoms with Crippen molar-refractivity contribution in [2.75, 3.05) is 0 Å². The number of H-pyrrole nitrogens is 1. The number of carboxylic acids is 1. The number of fused-ring (bicyclic) bond motifs is 3. The molecule has 0 bridgehead atoms. The van der Waals surface area contributed by atoms with Gasteiger partial charge in [-0.25, -0.2) is 4.79 Å². The van der Waals surface area contributed by atoms with Crippen molar-refractivity contribution in [2.45, 2.75) is 12.7 Å². The minimum atomic E-state index is -4.64. The Morgan fingerprint density at radius 1 is 1.17 bits per heavy atom. The van der Waals surface area contributed by atoms with E-state index in [4.69, 9.17) is 0 Å². The van der Waals surface area contributed by atoms with Crippen LogP contribution in [0.25, 0.3) is 32.9 Å². The first-order valence-electron chi connectivity index (χ1n) is 8.01. The standard InChI is InChI=1S/C18H11F3N4O3.ClH/c19-18(20,21)8-25-14-6-10(9-1-3-22-4-2-9)11(17(27)28)5-12(14)15-13(16(25)26)7-23-24-15;/h1-7H,8H2,(H,23,24)(H,27,28);1H. The SMILES string of the molecule is Cl.O=C(O)c1cc2c3n[nH]cc3c(=O)n(CC(F)(F)F)c2cc1-c1ccncc1. The third-order valence-electron chi connectivity index (χ3n) is 4.36. The van der Waals surface area contributed by atoms with Crippen LogP contribution in [-0.2, 0) is 6.54 Å². The molecule has 0 unspecified atom stereocenters. The monoisotopic (exact) mass is 424 g/mol. The highest BCUT2D eigenvalue weighted by Crippen LogP contribution is 2.32. The Labute approximate surface area is 166 Å². The van der Waals surface area contributed by atoms with Crippen molar-refractivity contribution in [1.82, 2.24) is 19.7 Å². The van der Waals surface area contributed by atoms with E-state index >= 15 is 0 Å². The molecule has 0 radical (unpaired) electrons. The van der Waals surface area contributed by atoms with Crippen LogP contribution in [0, 0.1) is 0 Å². The van der Waals surface area contributed by atoms with E-state index < -0.39 is 24.2 Å². The number of aromatic nitrogens is 4. The first-order chi connectivity index (χ1) is 13.3. The lowest BCUT2D eigenvalue weighted by Gasteiger charge is -2.16. The molecule has 0 saturated heterocycles. The summed E-state index contributed by atoms with van der Waals surface area (Å²) in [6.45, 7) is -1.51. The number of carboxylic acid groups (broad SMARTS) is 1. The molecular weight excluding hydrogens is 413 g/mol. The average Bonchev–Trinajstić information content (AvgIpc) is 3.14. The molecule has 11 heteroatoms. The van der Waals surface area contributed by atoms with E-state index in [9.17, 15) is 27.9 Å². The van der Waals surface area contributed by atoms with Crippen LogP contribution in [0.4, 0.5) is 13.2 Å². The van der Waals surface area contributed by atoms with Crippen LogP contribution >= 0.6 is 12.4 Å². The second kappa shape index (κ2) is 7.21. The number of rotatable bonds is 3. The van der Waals surface area contributed by atoms with Crippen molar-refractivity contribution >= 4 is 40.2 Å². The molecule has 29 heavy (non-hydrogen) atoms. The number of nitrogens with zero attached hydrogens (tertiary/aromatic N) is 3. The van der Waals surface area contributed by atoms with Crippen LogP contribution < -0.4 is 5.56 Å². The van der Waals surface area contributed by atoms with Gasteiger partial charge in [0.05, 0.1) is 16.5 Å². The molecule has 0 aliphatic heterocycles. The Kier molecular flexibility index (Phi) is 5.05. The van der Waals surface area contributed by atoms with Crippen LogP contribution in [0.15, 0.2) is 47.7 Å². The fourth-order valence-corrected chi connectivity index (χ4v) is 3.20. The van der Waals surface area contributed by atoms with Gasteiger partial charge in [0, 0.05) is 24.0 Å². The zero-order valence-corrected chi connectivity index (χ0v) is 15.2. The average molecular weight is 425 g/mol. The Balaban J connectivity index is 0.00000240. The zero-order chi connectivity index (χ0) is 20.1. The van der Waals surface area contributed by atoms with Gasteiger partial charge in [0.1, 0.15) is 12.1 Å². The van der Waals surface area contributed by atoms with Crippen molar-refractivity contribution in [3.63, 3.8) is 0 Å². The maximum atomic E-state index is 13.1. The van der Waals surface area contributed by atoms with Gasteiger partial charge in [-0.15, -0.1) is 12.4 Å². The fraction of sp³-hybridized carbons (Fsp3) is 0.111. The number of aromatic amines is 1. The number of nitrogens with one attached hydrogen (secondary N) is 1. The molecule has 7 nitrogen and oxygen atoms in total. The predicted octanol–water partition coefficient (Wildman–Crippen LogP) is 3.62. The lowest BCUT2D eigenvalue weighted by molar-refractivity contribution is -0.140. The minimum absolute atomic E-state index is 0. The van der Waals surface area contributed by atoms with Gasteiger partial charge in [0.25, 0.3) is 5.56 Å². The lowest BCUT2D eigenvalue weighted by Crippen LogP contribution is -2.28. The van der Waals surface area contributed by atoms with E-state index in [1.54, 1.807) is 0 Å². The molecule has 0 saturated carbocycles.